The standard InChI is InChI=1S/C21H32N4O6S/c1-20(2,3)31-19(26)23-15-12-21(30-14-15)5-7-25(8-6-21)32(27,28)16-11-17-18(22-13-16)29-10-9-24(17)4/h11,13,15H,5-10,12,14H2,1-4H3,(H,23,26)/t15-/m1/s1. The topological polar surface area (TPSA) is 110 Å². The Morgan fingerprint density at radius 2 is 2.00 bits per heavy atom. The average Bonchev–Trinajstić information content (AvgIpc) is 3.08. The van der Waals surface area contributed by atoms with Crippen molar-refractivity contribution in [2.24, 2.45) is 0 Å². The third kappa shape index (κ3) is 4.79. The van der Waals surface area contributed by atoms with E-state index in [-0.39, 0.29) is 10.9 Å². The zero-order valence-corrected chi connectivity index (χ0v) is 19.9. The maximum Gasteiger partial charge on any atom is 0.407 e. The highest BCUT2D eigenvalue weighted by molar-refractivity contribution is 7.89. The number of anilines is 1. The summed E-state index contributed by atoms with van der Waals surface area (Å²) in [6.45, 7) is 7.76. The van der Waals surface area contributed by atoms with E-state index in [0.29, 0.717) is 63.7 Å². The minimum Gasteiger partial charge on any atom is -0.474 e. The summed E-state index contributed by atoms with van der Waals surface area (Å²) in [5, 5.41) is 2.86. The number of carbonyl (C=O) groups excluding carboxylic acids is 1. The Kier molecular flexibility index (Phi) is 6.01. The Bertz CT molecular complexity index is 969. The second-order valence-electron chi connectivity index (χ2n) is 9.71. The first-order chi connectivity index (χ1) is 15.0. The van der Waals surface area contributed by atoms with Gasteiger partial charge in [-0.05, 0) is 46.1 Å². The van der Waals surface area contributed by atoms with Gasteiger partial charge in [-0.3, -0.25) is 0 Å². The van der Waals surface area contributed by atoms with Crippen LogP contribution in [-0.4, -0.2) is 80.9 Å². The molecule has 1 atom stereocenters. The number of fused-ring (bicyclic) bond motifs is 1. The van der Waals surface area contributed by atoms with E-state index in [1.54, 1.807) is 6.07 Å². The van der Waals surface area contributed by atoms with Crippen molar-refractivity contribution in [1.29, 1.82) is 0 Å². The summed E-state index contributed by atoms with van der Waals surface area (Å²) in [5.41, 5.74) is -0.303. The van der Waals surface area contributed by atoms with Gasteiger partial charge in [-0.25, -0.2) is 18.2 Å². The highest BCUT2D eigenvalue weighted by atomic mass is 32.2. The molecule has 11 heteroatoms. The maximum atomic E-state index is 13.2. The van der Waals surface area contributed by atoms with E-state index in [0.717, 1.165) is 0 Å². The van der Waals surface area contributed by atoms with Crippen LogP contribution in [0.5, 0.6) is 5.88 Å². The molecular formula is C21H32N4O6S. The van der Waals surface area contributed by atoms with Crippen LogP contribution in [-0.2, 0) is 19.5 Å². The van der Waals surface area contributed by atoms with Crippen molar-refractivity contribution in [2.75, 3.05) is 44.8 Å². The summed E-state index contributed by atoms with van der Waals surface area (Å²) >= 11 is 0. The number of carbonyl (C=O) groups is 1. The van der Waals surface area contributed by atoms with Crippen LogP contribution in [0.4, 0.5) is 10.5 Å². The monoisotopic (exact) mass is 468 g/mol. The molecule has 0 saturated carbocycles. The summed E-state index contributed by atoms with van der Waals surface area (Å²) in [6, 6.07) is 1.49. The number of sulfonamides is 1. The number of alkyl carbamates (subject to hydrolysis) is 1. The van der Waals surface area contributed by atoms with E-state index in [1.165, 1.54) is 10.5 Å². The lowest BCUT2D eigenvalue weighted by molar-refractivity contribution is -0.0312. The van der Waals surface area contributed by atoms with E-state index < -0.39 is 27.3 Å². The minimum atomic E-state index is -3.67. The molecule has 1 aromatic rings. The Morgan fingerprint density at radius 1 is 1.28 bits per heavy atom. The number of piperidine rings is 1. The average molecular weight is 469 g/mol. The van der Waals surface area contributed by atoms with Gasteiger partial charge in [0.2, 0.25) is 15.9 Å². The summed E-state index contributed by atoms with van der Waals surface area (Å²) in [4.78, 5) is 18.4. The Hall–Kier alpha value is -2.11. The largest absolute Gasteiger partial charge is 0.474 e. The molecule has 0 aromatic carbocycles. The van der Waals surface area contributed by atoms with Gasteiger partial charge in [0, 0.05) is 20.1 Å². The SMILES string of the molecule is CN1CCOc2ncc(S(=O)(=O)N3CCC4(CC3)C[C@@H](NC(=O)OC(C)(C)C)CO4)cc21. The molecule has 3 aliphatic rings. The van der Waals surface area contributed by atoms with Crippen LogP contribution in [0.1, 0.15) is 40.0 Å². The van der Waals surface area contributed by atoms with E-state index in [4.69, 9.17) is 14.2 Å². The van der Waals surface area contributed by atoms with Crippen LogP contribution in [0.3, 0.4) is 0 Å². The Morgan fingerprint density at radius 3 is 2.69 bits per heavy atom. The van der Waals surface area contributed by atoms with E-state index >= 15 is 0 Å². The second kappa shape index (κ2) is 8.35. The number of nitrogens with one attached hydrogen (secondary N) is 1. The van der Waals surface area contributed by atoms with Gasteiger partial charge in [0.15, 0.2) is 0 Å². The highest BCUT2D eigenvalue weighted by Gasteiger charge is 2.45. The molecule has 0 bridgehead atoms. The third-order valence-electron chi connectivity index (χ3n) is 6.09. The van der Waals surface area contributed by atoms with Gasteiger partial charge in [-0.2, -0.15) is 4.31 Å². The fourth-order valence-electron chi connectivity index (χ4n) is 4.39. The highest BCUT2D eigenvalue weighted by Crippen LogP contribution is 2.38. The Labute approximate surface area is 189 Å². The molecule has 0 unspecified atom stereocenters. The molecule has 10 nitrogen and oxygen atoms in total. The minimum absolute atomic E-state index is 0.145. The van der Waals surface area contributed by atoms with Gasteiger partial charge in [0.25, 0.3) is 0 Å². The zero-order chi connectivity index (χ0) is 23.1. The lowest BCUT2D eigenvalue weighted by atomic mass is 9.88. The molecule has 1 spiro atoms. The number of likely N-dealkylation sites (N-methyl/N-ethyl adjacent to an activating group) is 1. The normalized spacial score (nSPS) is 23.5. The molecular weight excluding hydrogens is 436 g/mol. The van der Waals surface area contributed by atoms with Crippen molar-refractivity contribution < 1.29 is 27.4 Å². The lowest BCUT2D eigenvalue weighted by Crippen LogP contribution is -2.47. The van der Waals surface area contributed by atoms with Gasteiger partial charge in [0.05, 0.1) is 31.0 Å². The second-order valence-corrected chi connectivity index (χ2v) is 11.6. The molecule has 0 aliphatic carbocycles. The van der Waals surface area contributed by atoms with Gasteiger partial charge in [0.1, 0.15) is 22.8 Å². The number of amides is 1. The van der Waals surface area contributed by atoms with Crippen LogP contribution in [0.25, 0.3) is 0 Å². The quantitative estimate of drug-likeness (QED) is 0.714. The van der Waals surface area contributed by atoms with Crippen LogP contribution in [0.15, 0.2) is 17.2 Å². The predicted octanol–water partition coefficient (Wildman–Crippen LogP) is 1.75. The summed E-state index contributed by atoms with van der Waals surface area (Å²) in [7, 11) is -1.78. The molecule has 2 fully saturated rings. The third-order valence-corrected chi connectivity index (χ3v) is 7.95. The molecule has 4 rings (SSSR count). The van der Waals surface area contributed by atoms with Crippen molar-refractivity contribution in [3.05, 3.63) is 12.3 Å². The molecule has 1 amide bonds. The first kappa shape index (κ1) is 23.1. The number of aromatic nitrogens is 1. The van der Waals surface area contributed by atoms with Crippen LogP contribution in [0, 0.1) is 0 Å². The van der Waals surface area contributed by atoms with Gasteiger partial charge >= 0.3 is 6.09 Å². The number of hydrogen-bond acceptors (Lipinski definition) is 8. The predicted molar refractivity (Wildman–Crippen MR) is 117 cm³/mol. The van der Waals surface area contributed by atoms with Gasteiger partial charge in [-0.15, -0.1) is 0 Å². The first-order valence-corrected chi connectivity index (χ1v) is 12.4. The van der Waals surface area contributed by atoms with Crippen LogP contribution < -0.4 is 15.0 Å². The fourth-order valence-corrected chi connectivity index (χ4v) is 5.80. The molecule has 2 saturated heterocycles. The van der Waals surface area contributed by atoms with E-state index in [1.807, 2.05) is 32.7 Å². The number of rotatable bonds is 3. The number of nitrogens with zero attached hydrogens (tertiary/aromatic N) is 3. The summed E-state index contributed by atoms with van der Waals surface area (Å²) in [6.07, 6.45) is 2.69. The molecule has 4 heterocycles. The molecule has 32 heavy (non-hydrogen) atoms. The smallest absolute Gasteiger partial charge is 0.407 e. The number of hydrogen-bond donors (Lipinski definition) is 1. The zero-order valence-electron chi connectivity index (χ0n) is 19.1. The van der Waals surface area contributed by atoms with E-state index in [9.17, 15) is 13.2 Å². The number of pyridine rings is 1. The van der Waals surface area contributed by atoms with E-state index in [2.05, 4.69) is 10.3 Å². The summed E-state index contributed by atoms with van der Waals surface area (Å²) in [5.74, 6) is 0.457. The molecule has 178 valence electrons. The fraction of sp³-hybridized carbons (Fsp3) is 0.714. The maximum absolute atomic E-state index is 13.2. The van der Waals surface area contributed by atoms with Crippen LogP contribution in [0.2, 0.25) is 0 Å². The van der Waals surface area contributed by atoms with Crippen LogP contribution >= 0.6 is 0 Å². The molecule has 3 aliphatic heterocycles. The first-order valence-electron chi connectivity index (χ1n) is 11.0. The molecule has 0 radical (unpaired) electrons. The van der Waals surface area contributed by atoms with Crippen molar-refractivity contribution in [2.45, 2.75) is 62.2 Å². The van der Waals surface area contributed by atoms with Gasteiger partial charge in [-0.1, -0.05) is 0 Å². The van der Waals surface area contributed by atoms with Crippen molar-refractivity contribution in [1.82, 2.24) is 14.6 Å². The van der Waals surface area contributed by atoms with Crippen molar-refractivity contribution in [3.63, 3.8) is 0 Å². The number of ether oxygens (including phenoxy) is 3. The van der Waals surface area contributed by atoms with Crippen molar-refractivity contribution in [3.8, 4) is 5.88 Å². The lowest BCUT2D eigenvalue weighted by Gasteiger charge is -2.38. The Balaban J connectivity index is 1.37. The molecule has 1 N–H and O–H groups in total. The van der Waals surface area contributed by atoms with Gasteiger partial charge < -0.3 is 24.4 Å². The summed E-state index contributed by atoms with van der Waals surface area (Å²) < 4.78 is 44.9. The van der Waals surface area contributed by atoms with Crippen molar-refractivity contribution >= 4 is 21.8 Å². The molecule has 1 aromatic heterocycles.